The summed E-state index contributed by atoms with van der Waals surface area (Å²) >= 11 is 0. The Labute approximate surface area is 56.2 Å². The lowest BCUT2D eigenvalue weighted by atomic mass is 10.3. The van der Waals surface area contributed by atoms with Crippen molar-refractivity contribution in [1.82, 2.24) is 0 Å². The predicted octanol–water partition coefficient (Wildman–Crippen LogP) is 1.20. The largest absolute Gasteiger partial charge is 0.379 e. The Morgan fingerprint density at radius 3 is 1.78 bits per heavy atom. The van der Waals surface area contributed by atoms with Crippen molar-refractivity contribution >= 4 is 0 Å². The molecular formula is C7H14O2. The summed E-state index contributed by atoms with van der Waals surface area (Å²) in [5.41, 5.74) is 0. The molecule has 0 heterocycles. The Bertz CT molecular complexity index is 73.0. The summed E-state index contributed by atoms with van der Waals surface area (Å²) in [6.07, 6.45) is 4.28. The van der Waals surface area contributed by atoms with Gasteiger partial charge < -0.3 is 9.47 Å². The van der Waals surface area contributed by atoms with Gasteiger partial charge in [-0.3, -0.25) is 0 Å². The molecule has 0 aliphatic heterocycles. The van der Waals surface area contributed by atoms with Crippen LogP contribution in [0.1, 0.15) is 19.3 Å². The number of hydrogen-bond acceptors (Lipinski definition) is 2. The van der Waals surface area contributed by atoms with Gasteiger partial charge in [-0.1, -0.05) is 0 Å². The summed E-state index contributed by atoms with van der Waals surface area (Å²) in [5, 5.41) is 0. The lowest BCUT2D eigenvalue weighted by Gasteiger charge is -2.15. The van der Waals surface area contributed by atoms with E-state index in [4.69, 9.17) is 9.47 Å². The molecule has 54 valence electrons. The molecule has 1 saturated carbocycles. The molecule has 0 bridgehead atoms. The van der Waals surface area contributed by atoms with Crippen LogP contribution >= 0.6 is 0 Å². The molecule has 1 rings (SSSR count). The van der Waals surface area contributed by atoms with Crippen LogP contribution in [0.15, 0.2) is 0 Å². The van der Waals surface area contributed by atoms with Crippen molar-refractivity contribution in [3.05, 3.63) is 0 Å². The Balaban J connectivity index is 2.32. The monoisotopic (exact) mass is 130 g/mol. The first kappa shape index (κ1) is 7.03. The first-order chi connectivity index (χ1) is 4.38. The van der Waals surface area contributed by atoms with Gasteiger partial charge in [0.05, 0.1) is 12.2 Å². The van der Waals surface area contributed by atoms with Crippen LogP contribution in [0.25, 0.3) is 0 Å². The zero-order chi connectivity index (χ0) is 6.69. The molecule has 0 N–H and O–H groups in total. The standard InChI is InChI=1S/C7H14O2/c1-8-6-4-3-5-7(6)9-2/h6-7H,3-5H2,1-2H3. The maximum atomic E-state index is 5.19. The van der Waals surface area contributed by atoms with Crippen molar-refractivity contribution in [3.63, 3.8) is 0 Å². The van der Waals surface area contributed by atoms with E-state index in [1.54, 1.807) is 14.2 Å². The van der Waals surface area contributed by atoms with E-state index in [-0.39, 0.29) is 0 Å². The molecule has 0 aromatic heterocycles. The number of methoxy groups -OCH3 is 2. The third kappa shape index (κ3) is 1.43. The van der Waals surface area contributed by atoms with Gasteiger partial charge >= 0.3 is 0 Å². The Morgan fingerprint density at radius 2 is 1.44 bits per heavy atom. The maximum absolute atomic E-state index is 5.19. The lowest BCUT2D eigenvalue weighted by molar-refractivity contribution is -0.0157. The van der Waals surface area contributed by atoms with Crippen molar-refractivity contribution in [2.24, 2.45) is 0 Å². The van der Waals surface area contributed by atoms with Crippen LogP contribution in [0.5, 0.6) is 0 Å². The van der Waals surface area contributed by atoms with Gasteiger partial charge in [-0.2, -0.15) is 0 Å². The van der Waals surface area contributed by atoms with Crippen LogP contribution in [0, 0.1) is 0 Å². The summed E-state index contributed by atoms with van der Waals surface area (Å²) in [7, 11) is 3.50. The zero-order valence-electron chi connectivity index (χ0n) is 6.09. The molecule has 1 aliphatic rings. The molecular weight excluding hydrogens is 116 g/mol. The summed E-state index contributed by atoms with van der Waals surface area (Å²) in [5.74, 6) is 0. The molecule has 1 aliphatic carbocycles. The van der Waals surface area contributed by atoms with Crippen molar-refractivity contribution < 1.29 is 9.47 Å². The topological polar surface area (TPSA) is 18.5 Å². The Kier molecular flexibility index (Phi) is 2.49. The highest BCUT2D eigenvalue weighted by Crippen LogP contribution is 2.23. The van der Waals surface area contributed by atoms with Crippen molar-refractivity contribution in [1.29, 1.82) is 0 Å². The summed E-state index contributed by atoms with van der Waals surface area (Å²) in [4.78, 5) is 0. The third-order valence-electron chi connectivity index (χ3n) is 2.00. The minimum atomic E-state index is 0.356. The molecule has 1 fully saturated rings. The normalized spacial score (nSPS) is 35.3. The smallest absolute Gasteiger partial charge is 0.0832 e. The molecule has 2 nitrogen and oxygen atoms in total. The van der Waals surface area contributed by atoms with Crippen molar-refractivity contribution in [2.75, 3.05) is 14.2 Å². The number of rotatable bonds is 2. The average Bonchev–Trinajstić information content (AvgIpc) is 2.33. The minimum Gasteiger partial charge on any atom is -0.379 e. The highest BCUT2D eigenvalue weighted by molar-refractivity contribution is 4.77. The van der Waals surface area contributed by atoms with Gasteiger partial charge in [0.1, 0.15) is 0 Å². The molecule has 9 heavy (non-hydrogen) atoms. The molecule has 2 atom stereocenters. The van der Waals surface area contributed by atoms with Crippen LogP contribution in [0.2, 0.25) is 0 Å². The van der Waals surface area contributed by atoms with Gasteiger partial charge in [0, 0.05) is 14.2 Å². The number of ether oxygens (including phenoxy) is 2. The second-order valence-electron chi connectivity index (χ2n) is 2.48. The first-order valence-corrected chi connectivity index (χ1v) is 3.44. The second-order valence-corrected chi connectivity index (χ2v) is 2.48. The van der Waals surface area contributed by atoms with E-state index < -0.39 is 0 Å². The van der Waals surface area contributed by atoms with Crippen LogP contribution < -0.4 is 0 Å². The van der Waals surface area contributed by atoms with E-state index in [1.807, 2.05) is 0 Å². The molecule has 0 saturated heterocycles. The maximum Gasteiger partial charge on any atom is 0.0832 e. The molecule has 0 aromatic carbocycles. The number of hydrogen-bond donors (Lipinski definition) is 0. The fourth-order valence-corrected chi connectivity index (χ4v) is 1.43. The summed E-state index contributed by atoms with van der Waals surface area (Å²) < 4.78 is 10.4. The molecule has 2 heteroatoms. The van der Waals surface area contributed by atoms with E-state index in [1.165, 1.54) is 6.42 Å². The molecule has 2 unspecified atom stereocenters. The molecule has 0 spiro atoms. The van der Waals surface area contributed by atoms with E-state index >= 15 is 0 Å². The van der Waals surface area contributed by atoms with Gasteiger partial charge in [0.15, 0.2) is 0 Å². The van der Waals surface area contributed by atoms with Crippen LogP contribution in [-0.2, 0) is 9.47 Å². The predicted molar refractivity (Wildman–Crippen MR) is 35.4 cm³/mol. The van der Waals surface area contributed by atoms with Gasteiger partial charge in [0.2, 0.25) is 0 Å². The average molecular weight is 130 g/mol. The van der Waals surface area contributed by atoms with Gasteiger partial charge in [0.25, 0.3) is 0 Å². The lowest BCUT2D eigenvalue weighted by Crippen LogP contribution is -2.23. The van der Waals surface area contributed by atoms with E-state index in [2.05, 4.69) is 0 Å². The van der Waals surface area contributed by atoms with Crippen LogP contribution in [0.4, 0.5) is 0 Å². The van der Waals surface area contributed by atoms with Crippen molar-refractivity contribution in [2.45, 2.75) is 31.5 Å². The molecule has 0 amide bonds. The van der Waals surface area contributed by atoms with Crippen LogP contribution in [-0.4, -0.2) is 26.4 Å². The van der Waals surface area contributed by atoms with E-state index in [9.17, 15) is 0 Å². The first-order valence-electron chi connectivity index (χ1n) is 3.44. The van der Waals surface area contributed by atoms with Gasteiger partial charge in [-0.25, -0.2) is 0 Å². The fourth-order valence-electron chi connectivity index (χ4n) is 1.43. The minimum absolute atomic E-state index is 0.356. The zero-order valence-corrected chi connectivity index (χ0v) is 6.09. The fraction of sp³-hybridized carbons (Fsp3) is 1.00. The summed E-state index contributed by atoms with van der Waals surface area (Å²) in [6.45, 7) is 0. The second kappa shape index (κ2) is 3.18. The molecule has 0 aromatic rings. The van der Waals surface area contributed by atoms with Crippen LogP contribution in [0.3, 0.4) is 0 Å². The third-order valence-corrected chi connectivity index (χ3v) is 2.00. The Hall–Kier alpha value is -0.0800. The molecule has 0 radical (unpaired) electrons. The highest BCUT2D eigenvalue weighted by Gasteiger charge is 2.26. The Morgan fingerprint density at radius 1 is 1.00 bits per heavy atom. The quantitative estimate of drug-likeness (QED) is 0.559. The SMILES string of the molecule is COC1CCCC1OC. The van der Waals surface area contributed by atoms with E-state index in [0.29, 0.717) is 12.2 Å². The van der Waals surface area contributed by atoms with E-state index in [0.717, 1.165) is 12.8 Å². The van der Waals surface area contributed by atoms with Gasteiger partial charge in [-0.15, -0.1) is 0 Å². The van der Waals surface area contributed by atoms with Crippen molar-refractivity contribution in [3.8, 4) is 0 Å². The highest BCUT2D eigenvalue weighted by atomic mass is 16.5. The summed E-state index contributed by atoms with van der Waals surface area (Å²) in [6, 6.07) is 0. The van der Waals surface area contributed by atoms with Gasteiger partial charge in [-0.05, 0) is 19.3 Å².